The summed E-state index contributed by atoms with van der Waals surface area (Å²) in [6, 6.07) is 6.36. The van der Waals surface area contributed by atoms with Gasteiger partial charge in [0, 0.05) is 24.6 Å². The molecular weight excluding hydrogens is 366 g/mol. The van der Waals surface area contributed by atoms with Gasteiger partial charge < -0.3 is 19.9 Å². The number of hydrogen-bond donors (Lipinski definition) is 2. The summed E-state index contributed by atoms with van der Waals surface area (Å²) < 4.78 is 11.6. The fourth-order valence-electron chi connectivity index (χ4n) is 3.30. The van der Waals surface area contributed by atoms with E-state index >= 15 is 0 Å². The second-order valence-electron chi connectivity index (χ2n) is 8.68. The molecule has 0 saturated heterocycles. The lowest BCUT2D eigenvalue weighted by molar-refractivity contribution is 0.207. The Hall–Kier alpha value is -2.57. The Morgan fingerprint density at radius 2 is 1.93 bits per heavy atom. The first-order valence-electron chi connectivity index (χ1n) is 10.4. The van der Waals surface area contributed by atoms with Gasteiger partial charge in [-0.05, 0) is 44.2 Å². The zero-order valence-electron chi connectivity index (χ0n) is 18.2. The van der Waals surface area contributed by atoms with Crippen LogP contribution in [0.25, 0.3) is 0 Å². The zero-order valence-corrected chi connectivity index (χ0v) is 18.2. The molecule has 1 aromatic heterocycles. The van der Waals surface area contributed by atoms with Crippen molar-refractivity contribution in [3.8, 4) is 5.75 Å². The molecule has 2 aromatic rings. The fourth-order valence-corrected chi connectivity index (χ4v) is 3.30. The molecule has 7 heteroatoms. The number of hydrogen-bond acceptors (Lipinski definition) is 5. The van der Waals surface area contributed by atoms with Crippen molar-refractivity contribution in [1.29, 1.82) is 0 Å². The Morgan fingerprint density at radius 1 is 1.21 bits per heavy atom. The second-order valence-corrected chi connectivity index (χ2v) is 8.68. The largest absolute Gasteiger partial charge is 0.490 e. The van der Waals surface area contributed by atoms with Gasteiger partial charge in [-0.3, -0.25) is 4.99 Å². The SMILES string of the molecule is CN=C(NCc1noc(C(C)(C)C)n1)NCc1ccc(C)cc1OC1CCCC1. The molecule has 1 aliphatic carbocycles. The highest BCUT2D eigenvalue weighted by Gasteiger charge is 2.22. The molecule has 0 bridgehead atoms. The Balaban J connectivity index is 1.57. The van der Waals surface area contributed by atoms with Crippen LogP contribution >= 0.6 is 0 Å². The Labute approximate surface area is 173 Å². The quantitative estimate of drug-likeness (QED) is 0.567. The molecule has 0 unspecified atom stereocenters. The van der Waals surface area contributed by atoms with Crippen molar-refractivity contribution in [2.24, 2.45) is 4.99 Å². The van der Waals surface area contributed by atoms with Crippen molar-refractivity contribution < 1.29 is 9.26 Å². The second kappa shape index (κ2) is 9.29. The molecule has 0 atom stereocenters. The summed E-state index contributed by atoms with van der Waals surface area (Å²) in [6.07, 6.45) is 5.14. The number of aromatic nitrogens is 2. The van der Waals surface area contributed by atoms with Crippen LogP contribution in [0.4, 0.5) is 0 Å². The van der Waals surface area contributed by atoms with Gasteiger partial charge in [-0.15, -0.1) is 0 Å². The van der Waals surface area contributed by atoms with Gasteiger partial charge >= 0.3 is 0 Å². The molecule has 158 valence electrons. The molecule has 1 fully saturated rings. The standard InChI is InChI=1S/C22H33N5O2/c1-15-10-11-16(18(12-15)28-17-8-6-7-9-17)13-24-21(23-5)25-14-19-26-20(29-27-19)22(2,3)4/h10-12,17H,6-9,13-14H2,1-5H3,(H2,23,24,25). The van der Waals surface area contributed by atoms with Crippen LogP contribution in [-0.4, -0.2) is 29.3 Å². The van der Waals surface area contributed by atoms with E-state index in [9.17, 15) is 0 Å². The van der Waals surface area contributed by atoms with E-state index in [-0.39, 0.29) is 5.41 Å². The first kappa shape index (κ1) is 21.1. The topological polar surface area (TPSA) is 84.6 Å². The lowest BCUT2D eigenvalue weighted by atomic mass is 9.97. The van der Waals surface area contributed by atoms with E-state index in [0.717, 1.165) is 24.2 Å². The van der Waals surface area contributed by atoms with Crippen LogP contribution in [0.3, 0.4) is 0 Å². The summed E-state index contributed by atoms with van der Waals surface area (Å²) in [7, 11) is 1.75. The number of nitrogens with zero attached hydrogens (tertiary/aromatic N) is 3. The molecule has 1 aliphatic rings. The van der Waals surface area contributed by atoms with Gasteiger partial charge in [-0.2, -0.15) is 4.98 Å². The number of aliphatic imine (C=N–C) groups is 1. The van der Waals surface area contributed by atoms with E-state index < -0.39 is 0 Å². The van der Waals surface area contributed by atoms with Crippen LogP contribution in [0.1, 0.15) is 69.3 Å². The molecule has 2 N–H and O–H groups in total. The zero-order chi connectivity index (χ0) is 20.9. The number of aryl methyl sites for hydroxylation is 1. The highest BCUT2D eigenvalue weighted by Crippen LogP contribution is 2.27. The smallest absolute Gasteiger partial charge is 0.232 e. The fraction of sp³-hybridized carbons (Fsp3) is 0.591. The Bertz CT molecular complexity index is 832. The van der Waals surface area contributed by atoms with E-state index in [2.05, 4.69) is 50.9 Å². The molecular formula is C22H33N5O2. The van der Waals surface area contributed by atoms with Crippen molar-refractivity contribution in [1.82, 2.24) is 20.8 Å². The summed E-state index contributed by atoms with van der Waals surface area (Å²) in [5, 5.41) is 10.6. The Kier molecular flexibility index (Phi) is 6.77. The van der Waals surface area contributed by atoms with Crippen LogP contribution in [0, 0.1) is 6.92 Å². The average molecular weight is 400 g/mol. The van der Waals surface area contributed by atoms with Gasteiger partial charge in [0.15, 0.2) is 11.8 Å². The minimum Gasteiger partial charge on any atom is -0.490 e. The molecule has 1 saturated carbocycles. The lowest BCUT2D eigenvalue weighted by Gasteiger charge is -2.18. The number of ether oxygens (including phenoxy) is 1. The molecule has 0 radical (unpaired) electrons. The van der Waals surface area contributed by atoms with Gasteiger partial charge in [-0.25, -0.2) is 0 Å². The minimum absolute atomic E-state index is 0.160. The maximum absolute atomic E-state index is 6.28. The van der Waals surface area contributed by atoms with Crippen molar-refractivity contribution in [3.63, 3.8) is 0 Å². The van der Waals surface area contributed by atoms with Crippen LogP contribution < -0.4 is 15.4 Å². The third kappa shape index (κ3) is 5.95. The lowest BCUT2D eigenvalue weighted by Crippen LogP contribution is -2.36. The molecule has 7 nitrogen and oxygen atoms in total. The minimum atomic E-state index is -0.160. The van der Waals surface area contributed by atoms with Crippen molar-refractivity contribution >= 4 is 5.96 Å². The van der Waals surface area contributed by atoms with Crippen molar-refractivity contribution in [2.45, 2.75) is 78.0 Å². The van der Waals surface area contributed by atoms with E-state index in [4.69, 9.17) is 9.26 Å². The average Bonchev–Trinajstić information content (AvgIpc) is 3.35. The van der Waals surface area contributed by atoms with Crippen LogP contribution in [0.5, 0.6) is 5.75 Å². The molecule has 29 heavy (non-hydrogen) atoms. The number of nitrogens with one attached hydrogen (secondary N) is 2. The van der Waals surface area contributed by atoms with Crippen molar-refractivity contribution in [2.75, 3.05) is 7.05 Å². The van der Waals surface area contributed by atoms with Gasteiger partial charge in [0.25, 0.3) is 0 Å². The monoisotopic (exact) mass is 399 g/mol. The highest BCUT2D eigenvalue weighted by molar-refractivity contribution is 5.79. The molecule has 0 amide bonds. The maximum Gasteiger partial charge on any atom is 0.232 e. The third-order valence-corrected chi connectivity index (χ3v) is 5.01. The van der Waals surface area contributed by atoms with Crippen molar-refractivity contribution in [3.05, 3.63) is 41.0 Å². The van der Waals surface area contributed by atoms with Crippen LogP contribution in [0.15, 0.2) is 27.7 Å². The first-order chi connectivity index (χ1) is 13.8. The van der Waals surface area contributed by atoms with Gasteiger partial charge in [0.2, 0.25) is 5.89 Å². The maximum atomic E-state index is 6.28. The third-order valence-electron chi connectivity index (χ3n) is 5.01. The summed E-state index contributed by atoms with van der Waals surface area (Å²) in [5.41, 5.74) is 2.17. The molecule has 1 heterocycles. The normalized spacial score (nSPS) is 15.6. The van der Waals surface area contributed by atoms with Gasteiger partial charge in [-0.1, -0.05) is 38.1 Å². The summed E-state index contributed by atoms with van der Waals surface area (Å²) in [4.78, 5) is 8.74. The van der Waals surface area contributed by atoms with E-state index in [0.29, 0.717) is 36.9 Å². The van der Waals surface area contributed by atoms with E-state index in [1.165, 1.54) is 18.4 Å². The van der Waals surface area contributed by atoms with E-state index in [1.54, 1.807) is 7.05 Å². The Morgan fingerprint density at radius 3 is 2.59 bits per heavy atom. The number of guanidine groups is 1. The molecule has 1 aromatic carbocycles. The summed E-state index contributed by atoms with van der Waals surface area (Å²) >= 11 is 0. The predicted molar refractivity (Wildman–Crippen MR) is 114 cm³/mol. The van der Waals surface area contributed by atoms with Crippen LogP contribution in [0.2, 0.25) is 0 Å². The molecule has 3 rings (SSSR count). The highest BCUT2D eigenvalue weighted by atomic mass is 16.5. The predicted octanol–water partition coefficient (Wildman–Crippen LogP) is 3.86. The van der Waals surface area contributed by atoms with Crippen LogP contribution in [-0.2, 0) is 18.5 Å². The summed E-state index contributed by atoms with van der Waals surface area (Å²) in [6.45, 7) is 9.30. The number of rotatable bonds is 6. The van der Waals surface area contributed by atoms with Gasteiger partial charge in [0.05, 0.1) is 12.6 Å². The van der Waals surface area contributed by atoms with Gasteiger partial charge in [0.1, 0.15) is 5.75 Å². The molecule has 0 spiro atoms. The molecule has 0 aliphatic heterocycles. The summed E-state index contributed by atoms with van der Waals surface area (Å²) in [5.74, 6) is 2.89. The number of benzene rings is 1. The first-order valence-corrected chi connectivity index (χ1v) is 10.4. The van der Waals surface area contributed by atoms with E-state index in [1.807, 2.05) is 20.8 Å².